The third-order valence-electron chi connectivity index (χ3n) is 2.20. The minimum absolute atomic E-state index is 0.0592. The zero-order valence-electron chi connectivity index (χ0n) is 9.01. The fraction of sp³-hybridized carbons (Fsp3) is 0.182. The molecule has 0 fully saturated rings. The molecule has 0 saturated carbocycles. The van der Waals surface area contributed by atoms with E-state index in [1.807, 2.05) is 24.1 Å². The van der Waals surface area contributed by atoms with E-state index in [9.17, 15) is 4.79 Å². The Bertz CT molecular complexity index is 534. The number of aromatic carboxylic acids is 1. The average molecular weight is 272 g/mol. The molecule has 2 heterocycles. The lowest BCUT2D eigenvalue weighted by molar-refractivity contribution is 0.0663. The van der Waals surface area contributed by atoms with E-state index in [2.05, 4.69) is 0 Å². The van der Waals surface area contributed by atoms with Crippen LogP contribution in [0.3, 0.4) is 0 Å². The van der Waals surface area contributed by atoms with Gasteiger partial charge < -0.3 is 14.4 Å². The van der Waals surface area contributed by atoms with E-state index in [0.29, 0.717) is 12.4 Å². The molecule has 90 valence electrons. The van der Waals surface area contributed by atoms with Gasteiger partial charge >= 0.3 is 5.97 Å². The highest BCUT2D eigenvalue weighted by atomic mass is 35.5. The third kappa shape index (κ3) is 2.81. The van der Waals surface area contributed by atoms with Crippen molar-refractivity contribution >= 4 is 34.8 Å². The van der Waals surface area contributed by atoms with E-state index in [1.165, 1.54) is 17.4 Å². The number of halogens is 1. The number of carboxylic acid groups (broad SMARTS) is 1. The quantitative estimate of drug-likeness (QED) is 0.927. The molecule has 2 aromatic heterocycles. The molecule has 4 nitrogen and oxygen atoms in total. The standard InChI is InChI=1S/C11H10ClNO3S/c1-13(6-7-2-4-9(12)17-7)10-5-3-8(16-10)11(14)15/h2-5H,6H2,1H3,(H,14,15). The summed E-state index contributed by atoms with van der Waals surface area (Å²) >= 11 is 7.32. The van der Waals surface area contributed by atoms with Crippen LogP contribution in [0.4, 0.5) is 5.88 Å². The topological polar surface area (TPSA) is 53.7 Å². The Kier molecular flexibility index (Phi) is 3.40. The molecule has 2 rings (SSSR count). The number of furan rings is 1. The molecular formula is C11H10ClNO3S. The molecule has 0 bridgehead atoms. The summed E-state index contributed by atoms with van der Waals surface area (Å²) < 4.78 is 5.92. The van der Waals surface area contributed by atoms with Crippen molar-refractivity contribution in [1.82, 2.24) is 0 Å². The number of anilines is 1. The Morgan fingerprint density at radius 2 is 2.24 bits per heavy atom. The third-order valence-corrected chi connectivity index (χ3v) is 3.42. The summed E-state index contributed by atoms with van der Waals surface area (Å²) in [6.07, 6.45) is 0. The van der Waals surface area contributed by atoms with Crippen molar-refractivity contribution in [2.45, 2.75) is 6.54 Å². The molecule has 0 atom stereocenters. The Morgan fingerprint density at radius 3 is 2.76 bits per heavy atom. The fourth-order valence-electron chi connectivity index (χ4n) is 1.40. The van der Waals surface area contributed by atoms with Crippen LogP contribution >= 0.6 is 22.9 Å². The Morgan fingerprint density at radius 1 is 1.47 bits per heavy atom. The summed E-state index contributed by atoms with van der Waals surface area (Å²) in [6.45, 7) is 0.629. The number of rotatable bonds is 4. The molecule has 2 aromatic rings. The molecule has 17 heavy (non-hydrogen) atoms. The van der Waals surface area contributed by atoms with Crippen molar-refractivity contribution in [2.75, 3.05) is 11.9 Å². The average Bonchev–Trinajstić information content (AvgIpc) is 2.86. The Balaban J connectivity index is 2.08. The van der Waals surface area contributed by atoms with Gasteiger partial charge in [-0.15, -0.1) is 11.3 Å². The van der Waals surface area contributed by atoms with Crippen molar-refractivity contribution in [3.63, 3.8) is 0 Å². The second-order valence-corrected chi connectivity index (χ2v) is 5.30. The zero-order chi connectivity index (χ0) is 12.4. The minimum Gasteiger partial charge on any atom is -0.475 e. The van der Waals surface area contributed by atoms with Crippen molar-refractivity contribution in [3.05, 3.63) is 39.2 Å². The molecule has 0 saturated heterocycles. The lowest BCUT2D eigenvalue weighted by Gasteiger charge is -2.14. The number of carboxylic acids is 1. The largest absolute Gasteiger partial charge is 0.475 e. The second kappa shape index (κ2) is 4.81. The van der Waals surface area contributed by atoms with E-state index in [0.717, 1.165) is 9.21 Å². The number of hydrogen-bond donors (Lipinski definition) is 1. The van der Waals surface area contributed by atoms with Crippen LogP contribution in [0.5, 0.6) is 0 Å². The highest BCUT2D eigenvalue weighted by molar-refractivity contribution is 7.16. The van der Waals surface area contributed by atoms with Crippen LogP contribution in [0.1, 0.15) is 15.4 Å². The number of carbonyl (C=O) groups is 1. The van der Waals surface area contributed by atoms with E-state index in [-0.39, 0.29) is 5.76 Å². The smallest absolute Gasteiger partial charge is 0.371 e. The molecular weight excluding hydrogens is 262 g/mol. The number of nitrogens with zero attached hydrogens (tertiary/aromatic N) is 1. The molecule has 0 unspecified atom stereocenters. The van der Waals surface area contributed by atoms with Crippen LogP contribution in [-0.4, -0.2) is 18.1 Å². The first-order chi connectivity index (χ1) is 8.06. The van der Waals surface area contributed by atoms with Crippen LogP contribution in [0.25, 0.3) is 0 Å². The molecule has 0 spiro atoms. The first-order valence-electron chi connectivity index (χ1n) is 4.85. The highest BCUT2D eigenvalue weighted by Crippen LogP contribution is 2.25. The predicted octanol–water partition coefficient (Wildman–Crippen LogP) is 3.33. The summed E-state index contributed by atoms with van der Waals surface area (Å²) in [5.41, 5.74) is 0. The summed E-state index contributed by atoms with van der Waals surface area (Å²) in [6, 6.07) is 6.85. The maximum atomic E-state index is 10.7. The van der Waals surface area contributed by atoms with Gasteiger partial charge in [-0.25, -0.2) is 4.79 Å². The molecule has 0 aliphatic carbocycles. The normalized spacial score (nSPS) is 10.5. The second-order valence-electron chi connectivity index (χ2n) is 3.50. The van der Waals surface area contributed by atoms with Crippen LogP contribution in [0.15, 0.2) is 28.7 Å². The molecule has 0 aliphatic heterocycles. The maximum Gasteiger partial charge on any atom is 0.371 e. The number of thiophene rings is 1. The summed E-state index contributed by atoms with van der Waals surface area (Å²) in [5.74, 6) is -0.605. The van der Waals surface area contributed by atoms with Gasteiger partial charge in [0.1, 0.15) is 0 Å². The van der Waals surface area contributed by atoms with Crippen molar-refractivity contribution in [1.29, 1.82) is 0 Å². The van der Waals surface area contributed by atoms with Crippen LogP contribution in [-0.2, 0) is 6.54 Å². The van der Waals surface area contributed by atoms with Gasteiger partial charge in [0, 0.05) is 18.0 Å². The Labute approximate surface area is 107 Å². The first-order valence-corrected chi connectivity index (χ1v) is 6.04. The van der Waals surface area contributed by atoms with Gasteiger partial charge in [-0.3, -0.25) is 0 Å². The van der Waals surface area contributed by atoms with Crippen molar-refractivity contribution < 1.29 is 14.3 Å². The van der Waals surface area contributed by atoms with Gasteiger partial charge in [0.15, 0.2) is 5.88 Å². The predicted molar refractivity (Wildman–Crippen MR) is 67.1 cm³/mol. The summed E-state index contributed by atoms with van der Waals surface area (Å²) in [7, 11) is 1.83. The summed E-state index contributed by atoms with van der Waals surface area (Å²) in [5, 5.41) is 8.75. The minimum atomic E-state index is -1.07. The zero-order valence-corrected chi connectivity index (χ0v) is 10.6. The van der Waals surface area contributed by atoms with Gasteiger partial charge in [-0.2, -0.15) is 0 Å². The maximum absolute atomic E-state index is 10.7. The van der Waals surface area contributed by atoms with Crippen LogP contribution in [0, 0.1) is 0 Å². The first kappa shape index (κ1) is 12.0. The summed E-state index contributed by atoms with van der Waals surface area (Å²) in [4.78, 5) is 13.6. The van der Waals surface area contributed by atoms with Crippen LogP contribution in [0.2, 0.25) is 4.34 Å². The van der Waals surface area contributed by atoms with Gasteiger partial charge in [0.2, 0.25) is 5.76 Å². The van der Waals surface area contributed by atoms with Crippen molar-refractivity contribution in [3.8, 4) is 0 Å². The van der Waals surface area contributed by atoms with Crippen LogP contribution < -0.4 is 4.90 Å². The van der Waals surface area contributed by atoms with Gasteiger partial charge in [0.05, 0.1) is 10.9 Å². The van der Waals surface area contributed by atoms with Gasteiger partial charge in [0.25, 0.3) is 0 Å². The van der Waals surface area contributed by atoms with E-state index < -0.39 is 5.97 Å². The van der Waals surface area contributed by atoms with E-state index in [1.54, 1.807) is 6.07 Å². The lowest BCUT2D eigenvalue weighted by atomic mass is 10.4. The molecule has 0 aromatic carbocycles. The number of hydrogen-bond acceptors (Lipinski definition) is 4. The Hall–Kier alpha value is -1.46. The lowest BCUT2D eigenvalue weighted by Crippen LogP contribution is -2.14. The molecule has 1 N–H and O–H groups in total. The monoisotopic (exact) mass is 271 g/mol. The molecule has 6 heteroatoms. The van der Waals surface area contributed by atoms with E-state index >= 15 is 0 Å². The highest BCUT2D eigenvalue weighted by Gasteiger charge is 2.12. The van der Waals surface area contributed by atoms with E-state index in [4.69, 9.17) is 21.1 Å². The van der Waals surface area contributed by atoms with Gasteiger partial charge in [-0.05, 0) is 18.2 Å². The molecule has 0 aliphatic rings. The molecule has 0 amide bonds. The fourth-order valence-corrected chi connectivity index (χ4v) is 2.54. The van der Waals surface area contributed by atoms with Crippen molar-refractivity contribution in [2.24, 2.45) is 0 Å². The molecule has 0 radical (unpaired) electrons. The SMILES string of the molecule is CN(Cc1ccc(Cl)s1)c1ccc(C(=O)O)o1. The van der Waals surface area contributed by atoms with Gasteiger partial charge in [-0.1, -0.05) is 11.6 Å².